The van der Waals surface area contributed by atoms with Gasteiger partial charge in [-0.2, -0.15) is 0 Å². The molecule has 15 heteroatoms. The first-order valence-corrected chi connectivity index (χ1v) is 15.1. The summed E-state index contributed by atoms with van der Waals surface area (Å²) < 4.78 is 9.01. The number of ether oxygens (including phenoxy) is 1. The SMILES string of the molecule is CCSc1nnc(NC(=O)CSc2nnc(CNC(=O)COc3ccc(Cl)cc3)n2-c2ccc(Br)cc2)s1. The van der Waals surface area contributed by atoms with Crippen molar-refractivity contribution in [3.8, 4) is 11.4 Å². The average molecular weight is 655 g/mol. The molecule has 2 aromatic heterocycles. The van der Waals surface area contributed by atoms with Crippen LogP contribution in [0.1, 0.15) is 12.7 Å². The van der Waals surface area contributed by atoms with Crippen molar-refractivity contribution in [3.63, 3.8) is 0 Å². The number of halogens is 2. The van der Waals surface area contributed by atoms with Gasteiger partial charge < -0.3 is 10.1 Å². The molecule has 4 aromatic rings. The molecule has 0 aliphatic rings. The minimum Gasteiger partial charge on any atom is -0.484 e. The predicted octanol–water partition coefficient (Wildman–Crippen LogP) is 5.07. The number of amides is 2. The van der Waals surface area contributed by atoms with Crippen molar-refractivity contribution in [2.24, 2.45) is 0 Å². The van der Waals surface area contributed by atoms with Gasteiger partial charge in [0.15, 0.2) is 21.9 Å². The van der Waals surface area contributed by atoms with Crippen LogP contribution in [-0.4, -0.2) is 54.9 Å². The maximum atomic E-state index is 12.5. The van der Waals surface area contributed by atoms with E-state index in [4.69, 9.17) is 16.3 Å². The number of carbonyl (C=O) groups is 2. The van der Waals surface area contributed by atoms with Gasteiger partial charge in [-0.15, -0.1) is 20.4 Å². The summed E-state index contributed by atoms with van der Waals surface area (Å²) in [6.45, 7) is 1.97. The molecule has 0 atom stereocenters. The van der Waals surface area contributed by atoms with Crippen LogP contribution in [0.3, 0.4) is 0 Å². The van der Waals surface area contributed by atoms with Crippen molar-refractivity contribution in [2.75, 3.05) is 23.4 Å². The number of benzene rings is 2. The molecule has 0 unspecified atom stereocenters. The first-order valence-electron chi connectivity index (χ1n) is 11.2. The molecular weight excluding hydrogens is 634 g/mol. The highest BCUT2D eigenvalue weighted by Gasteiger charge is 2.18. The Kier molecular flexibility index (Phi) is 10.4. The number of anilines is 1. The molecule has 0 radical (unpaired) electrons. The third kappa shape index (κ3) is 8.17. The van der Waals surface area contributed by atoms with Crippen LogP contribution in [0.25, 0.3) is 5.69 Å². The fourth-order valence-corrected chi connectivity index (χ4v) is 5.82. The Hall–Kier alpha value is -2.65. The zero-order valence-electron chi connectivity index (χ0n) is 19.9. The molecule has 2 amide bonds. The molecule has 10 nitrogen and oxygen atoms in total. The Morgan fingerprint density at radius 3 is 2.53 bits per heavy atom. The molecule has 198 valence electrons. The molecule has 0 aliphatic carbocycles. The van der Waals surface area contributed by atoms with Gasteiger partial charge in [0.25, 0.3) is 5.91 Å². The summed E-state index contributed by atoms with van der Waals surface area (Å²) in [5.41, 5.74) is 0.785. The van der Waals surface area contributed by atoms with Crippen molar-refractivity contribution in [3.05, 3.63) is 63.9 Å². The number of thioether (sulfide) groups is 2. The number of hydrogen-bond acceptors (Lipinski definition) is 10. The van der Waals surface area contributed by atoms with Crippen LogP contribution in [0.15, 0.2) is 62.5 Å². The second kappa shape index (κ2) is 13.9. The molecule has 0 aliphatic heterocycles. The van der Waals surface area contributed by atoms with E-state index in [0.29, 0.717) is 26.9 Å². The smallest absolute Gasteiger partial charge is 0.258 e. The molecule has 2 N–H and O–H groups in total. The monoisotopic (exact) mass is 653 g/mol. The molecule has 0 fully saturated rings. The third-order valence-electron chi connectivity index (χ3n) is 4.67. The van der Waals surface area contributed by atoms with Crippen molar-refractivity contribution in [1.29, 1.82) is 0 Å². The summed E-state index contributed by atoms with van der Waals surface area (Å²) in [6, 6.07) is 14.3. The summed E-state index contributed by atoms with van der Waals surface area (Å²) in [4.78, 5) is 24.9. The van der Waals surface area contributed by atoms with Crippen LogP contribution < -0.4 is 15.4 Å². The number of rotatable bonds is 12. The van der Waals surface area contributed by atoms with Gasteiger partial charge in [-0.3, -0.25) is 19.5 Å². The van der Waals surface area contributed by atoms with Gasteiger partial charge in [0, 0.05) is 15.2 Å². The van der Waals surface area contributed by atoms with E-state index in [2.05, 4.69) is 47.0 Å². The van der Waals surface area contributed by atoms with Crippen molar-refractivity contribution in [1.82, 2.24) is 30.3 Å². The molecule has 0 spiro atoms. The average Bonchev–Trinajstić information content (AvgIpc) is 3.53. The highest BCUT2D eigenvalue weighted by atomic mass is 79.9. The quantitative estimate of drug-likeness (QED) is 0.159. The third-order valence-corrected chi connectivity index (χ3v) is 8.23. The Labute approximate surface area is 244 Å². The number of hydrogen-bond donors (Lipinski definition) is 2. The first-order chi connectivity index (χ1) is 18.4. The molecule has 4 rings (SSSR count). The van der Waals surface area contributed by atoms with Gasteiger partial charge in [-0.1, -0.05) is 69.3 Å². The molecule has 0 saturated heterocycles. The lowest BCUT2D eigenvalue weighted by Crippen LogP contribution is -2.29. The van der Waals surface area contributed by atoms with Crippen LogP contribution in [0.5, 0.6) is 5.75 Å². The number of aromatic nitrogens is 5. The van der Waals surface area contributed by atoms with E-state index in [1.165, 1.54) is 23.1 Å². The molecule has 2 heterocycles. The number of nitrogens with one attached hydrogen (secondary N) is 2. The number of nitrogens with zero attached hydrogens (tertiary/aromatic N) is 5. The van der Waals surface area contributed by atoms with E-state index in [9.17, 15) is 9.59 Å². The van der Waals surface area contributed by atoms with Crippen LogP contribution >= 0.6 is 62.4 Å². The minimum absolute atomic E-state index is 0.0891. The largest absolute Gasteiger partial charge is 0.484 e. The fraction of sp³-hybridized carbons (Fsp3) is 0.217. The second-order valence-corrected chi connectivity index (χ2v) is 12.2. The topological polar surface area (TPSA) is 124 Å². The van der Waals surface area contributed by atoms with Gasteiger partial charge in [0.05, 0.1) is 12.3 Å². The van der Waals surface area contributed by atoms with E-state index in [1.807, 2.05) is 31.2 Å². The van der Waals surface area contributed by atoms with Crippen LogP contribution in [-0.2, 0) is 16.1 Å². The lowest BCUT2D eigenvalue weighted by molar-refractivity contribution is -0.123. The normalized spacial score (nSPS) is 10.8. The lowest BCUT2D eigenvalue weighted by atomic mass is 10.3. The van der Waals surface area contributed by atoms with Crippen LogP contribution in [0, 0.1) is 0 Å². The van der Waals surface area contributed by atoms with E-state index in [1.54, 1.807) is 40.6 Å². The van der Waals surface area contributed by atoms with E-state index < -0.39 is 0 Å². The van der Waals surface area contributed by atoms with Crippen molar-refractivity contribution in [2.45, 2.75) is 23.0 Å². The second-order valence-electron chi connectivity index (χ2n) is 7.37. The predicted molar refractivity (Wildman–Crippen MR) is 154 cm³/mol. The standard InChI is InChI=1S/C23H21BrClN7O3S3/c1-2-36-23-31-29-21(38-23)27-20(34)13-37-22-30-28-18(32(22)16-7-3-14(24)4-8-16)11-26-19(33)12-35-17-9-5-15(25)6-10-17/h3-10H,2,11-13H2,1H3,(H,26,33)(H,27,29,34). The zero-order chi connectivity index (χ0) is 26.9. The summed E-state index contributed by atoms with van der Waals surface area (Å²) in [5, 5.41) is 23.7. The molecular formula is C23H21BrClN7O3S3. The number of carbonyl (C=O) groups excluding carboxylic acids is 2. The Bertz CT molecular complexity index is 1380. The van der Waals surface area contributed by atoms with Gasteiger partial charge in [0.2, 0.25) is 11.0 Å². The molecule has 38 heavy (non-hydrogen) atoms. The Balaban J connectivity index is 1.39. The maximum Gasteiger partial charge on any atom is 0.258 e. The van der Waals surface area contributed by atoms with E-state index >= 15 is 0 Å². The first kappa shape index (κ1) is 28.4. The van der Waals surface area contributed by atoms with Crippen LogP contribution in [0.2, 0.25) is 5.02 Å². The van der Waals surface area contributed by atoms with Crippen LogP contribution in [0.4, 0.5) is 5.13 Å². The summed E-state index contributed by atoms with van der Waals surface area (Å²) in [5.74, 6) is 1.44. The van der Waals surface area contributed by atoms with E-state index in [-0.39, 0.29) is 30.7 Å². The highest BCUT2D eigenvalue weighted by Crippen LogP contribution is 2.26. The molecule has 2 aromatic carbocycles. The van der Waals surface area contributed by atoms with Gasteiger partial charge in [0.1, 0.15) is 5.75 Å². The van der Waals surface area contributed by atoms with Gasteiger partial charge >= 0.3 is 0 Å². The van der Waals surface area contributed by atoms with Gasteiger partial charge in [-0.25, -0.2) is 0 Å². The minimum atomic E-state index is -0.323. The Morgan fingerprint density at radius 2 is 1.79 bits per heavy atom. The molecule has 0 bridgehead atoms. The summed E-state index contributed by atoms with van der Waals surface area (Å²) >= 11 is 13.4. The zero-order valence-corrected chi connectivity index (χ0v) is 24.7. The van der Waals surface area contributed by atoms with E-state index in [0.717, 1.165) is 20.3 Å². The lowest BCUT2D eigenvalue weighted by Gasteiger charge is -2.11. The van der Waals surface area contributed by atoms with Crippen molar-refractivity contribution >= 4 is 79.3 Å². The summed E-state index contributed by atoms with van der Waals surface area (Å²) in [6.07, 6.45) is 0. The Morgan fingerprint density at radius 1 is 1.03 bits per heavy atom. The fourth-order valence-electron chi connectivity index (χ4n) is 2.99. The summed E-state index contributed by atoms with van der Waals surface area (Å²) in [7, 11) is 0. The maximum absolute atomic E-state index is 12.5. The van der Waals surface area contributed by atoms with Gasteiger partial charge in [-0.05, 0) is 54.3 Å². The highest BCUT2D eigenvalue weighted by molar-refractivity contribution is 9.10. The van der Waals surface area contributed by atoms with Crippen molar-refractivity contribution < 1.29 is 14.3 Å². The molecule has 0 saturated carbocycles.